The summed E-state index contributed by atoms with van der Waals surface area (Å²) in [7, 11) is 0. The van der Waals surface area contributed by atoms with E-state index in [0.717, 1.165) is 25.7 Å². The smallest absolute Gasteiger partial charge is 0.244 e. The van der Waals surface area contributed by atoms with Gasteiger partial charge in [-0.3, -0.25) is 4.79 Å². The minimum absolute atomic E-state index is 0.127. The summed E-state index contributed by atoms with van der Waals surface area (Å²) in [6, 6.07) is 6.01. The normalized spacial score (nSPS) is 25.9. The monoisotopic (exact) mass is 328 g/mol. The number of benzene rings is 1. The maximum atomic E-state index is 13.5. The molecule has 0 N–H and O–H groups in total. The summed E-state index contributed by atoms with van der Waals surface area (Å²) in [5.74, 6) is 0.390. The van der Waals surface area contributed by atoms with Gasteiger partial charge in [0.25, 0.3) is 0 Å². The van der Waals surface area contributed by atoms with E-state index in [9.17, 15) is 9.18 Å². The van der Waals surface area contributed by atoms with Crippen molar-refractivity contribution in [2.45, 2.75) is 57.2 Å². The fourth-order valence-corrected chi connectivity index (χ4v) is 4.32. The molecule has 1 amide bonds. The first-order valence-electron chi connectivity index (χ1n) is 8.53. The second-order valence-electron chi connectivity index (χ2n) is 6.96. The lowest BCUT2D eigenvalue weighted by molar-refractivity contribution is -0.136. The van der Waals surface area contributed by atoms with Crippen LogP contribution in [0.25, 0.3) is 0 Å². The van der Waals surface area contributed by atoms with Gasteiger partial charge < -0.3 is 4.90 Å². The number of aromatic nitrogens is 3. The number of hydrogen-bond acceptors (Lipinski definition) is 3. The first-order chi connectivity index (χ1) is 11.6. The van der Waals surface area contributed by atoms with Crippen molar-refractivity contribution in [1.82, 2.24) is 19.9 Å². The van der Waals surface area contributed by atoms with E-state index in [1.54, 1.807) is 23.1 Å². The summed E-state index contributed by atoms with van der Waals surface area (Å²) in [4.78, 5) is 14.7. The van der Waals surface area contributed by atoms with Crippen molar-refractivity contribution in [2.24, 2.45) is 0 Å². The molecule has 0 aliphatic carbocycles. The highest BCUT2D eigenvalue weighted by atomic mass is 19.1. The highest BCUT2D eigenvalue weighted by Gasteiger charge is 2.43. The number of piperidine rings is 1. The molecule has 1 aromatic carbocycles. The van der Waals surface area contributed by atoms with Crippen LogP contribution in [0.4, 0.5) is 4.39 Å². The lowest BCUT2D eigenvalue weighted by atomic mass is 9.84. The summed E-state index contributed by atoms with van der Waals surface area (Å²) < 4.78 is 15.1. The van der Waals surface area contributed by atoms with Crippen molar-refractivity contribution in [1.29, 1.82) is 0 Å². The predicted molar refractivity (Wildman–Crippen MR) is 86.8 cm³/mol. The maximum absolute atomic E-state index is 13.5. The van der Waals surface area contributed by atoms with Gasteiger partial charge in [0, 0.05) is 18.3 Å². The number of halogens is 1. The molecule has 4 rings (SSSR count). The van der Waals surface area contributed by atoms with Gasteiger partial charge in [0.15, 0.2) is 0 Å². The zero-order valence-corrected chi connectivity index (χ0v) is 13.7. The van der Waals surface area contributed by atoms with Gasteiger partial charge in [-0.2, -0.15) is 0 Å². The summed E-state index contributed by atoms with van der Waals surface area (Å²) in [6.45, 7) is 2.07. The van der Waals surface area contributed by atoms with Crippen LogP contribution in [0.15, 0.2) is 30.6 Å². The van der Waals surface area contributed by atoms with Crippen molar-refractivity contribution in [3.05, 3.63) is 47.5 Å². The van der Waals surface area contributed by atoms with E-state index in [2.05, 4.69) is 15.2 Å². The van der Waals surface area contributed by atoms with Crippen LogP contribution in [0.1, 0.15) is 42.7 Å². The Hall–Kier alpha value is -2.24. The van der Waals surface area contributed by atoms with Crippen molar-refractivity contribution >= 4 is 5.91 Å². The SMILES string of the molecule is Cc1cc(C2CC3CCC(C2)N3C(=O)Cn2ccnn2)ccc1F. The third-order valence-electron chi connectivity index (χ3n) is 5.44. The average molecular weight is 328 g/mol. The molecule has 2 bridgehead atoms. The van der Waals surface area contributed by atoms with E-state index in [0.29, 0.717) is 11.5 Å². The number of rotatable bonds is 3. The number of hydrogen-bond donors (Lipinski definition) is 0. The Morgan fingerprint density at radius 2 is 2.04 bits per heavy atom. The molecular weight excluding hydrogens is 307 g/mol. The molecule has 2 aliphatic rings. The first-order valence-corrected chi connectivity index (χ1v) is 8.53. The van der Waals surface area contributed by atoms with Gasteiger partial charge in [0.2, 0.25) is 5.91 Å². The van der Waals surface area contributed by atoms with E-state index in [4.69, 9.17) is 0 Å². The Morgan fingerprint density at radius 1 is 1.29 bits per heavy atom. The summed E-state index contributed by atoms with van der Waals surface area (Å²) >= 11 is 0. The summed E-state index contributed by atoms with van der Waals surface area (Å²) in [6.07, 6.45) is 7.35. The standard InChI is InChI=1S/C18H21FN4O/c1-12-8-13(2-5-17(12)19)14-9-15-3-4-16(10-14)23(15)18(24)11-22-7-6-20-21-22/h2,5-8,14-16H,3-4,9-11H2,1H3. The van der Waals surface area contributed by atoms with Gasteiger partial charge in [0.05, 0.1) is 6.20 Å². The minimum atomic E-state index is -0.151. The maximum Gasteiger partial charge on any atom is 0.244 e. The van der Waals surface area contributed by atoms with Crippen LogP contribution >= 0.6 is 0 Å². The van der Waals surface area contributed by atoms with Gasteiger partial charge in [-0.25, -0.2) is 9.07 Å². The molecule has 2 saturated heterocycles. The molecule has 2 atom stereocenters. The largest absolute Gasteiger partial charge is 0.335 e. The lowest BCUT2D eigenvalue weighted by Gasteiger charge is -2.39. The molecular formula is C18H21FN4O. The highest BCUT2D eigenvalue weighted by Crippen LogP contribution is 2.43. The predicted octanol–water partition coefficient (Wildman–Crippen LogP) is 2.66. The lowest BCUT2D eigenvalue weighted by Crippen LogP contribution is -2.47. The zero-order chi connectivity index (χ0) is 16.7. The number of carbonyl (C=O) groups is 1. The molecule has 0 spiro atoms. The van der Waals surface area contributed by atoms with Crippen molar-refractivity contribution in [3.63, 3.8) is 0 Å². The quantitative estimate of drug-likeness (QED) is 0.870. The Labute approximate surface area is 140 Å². The fraction of sp³-hybridized carbons (Fsp3) is 0.500. The molecule has 6 heteroatoms. The third-order valence-corrected chi connectivity index (χ3v) is 5.44. The van der Waals surface area contributed by atoms with Crippen molar-refractivity contribution in [2.75, 3.05) is 0 Å². The number of fused-ring (bicyclic) bond motifs is 2. The second-order valence-corrected chi connectivity index (χ2v) is 6.96. The second kappa shape index (κ2) is 6.00. The van der Waals surface area contributed by atoms with E-state index in [1.165, 1.54) is 5.56 Å². The van der Waals surface area contributed by atoms with Gasteiger partial charge in [-0.15, -0.1) is 5.10 Å². The van der Waals surface area contributed by atoms with Crippen molar-refractivity contribution < 1.29 is 9.18 Å². The molecule has 2 aliphatic heterocycles. The van der Waals surface area contributed by atoms with E-state index in [-0.39, 0.29) is 30.4 Å². The van der Waals surface area contributed by atoms with Gasteiger partial charge >= 0.3 is 0 Å². The number of amides is 1. The summed E-state index contributed by atoms with van der Waals surface area (Å²) in [5, 5.41) is 7.64. The Balaban J connectivity index is 1.49. The van der Waals surface area contributed by atoms with Crippen LogP contribution in [-0.4, -0.2) is 37.9 Å². The van der Waals surface area contributed by atoms with Crippen LogP contribution in [0.5, 0.6) is 0 Å². The minimum Gasteiger partial charge on any atom is -0.335 e. The molecule has 5 nitrogen and oxygen atoms in total. The average Bonchev–Trinajstić information content (AvgIpc) is 3.16. The van der Waals surface area contributed by atoms with E-state index < -0.39 is 0 Å². The zero-order valence-electron chi connectivity index (χ0n) is 13.7. The van der Waals surface area contributed by atoms with Crippen LogP contribution < -0.4 is 0 Å². The number of carbonyl (C=O) groups excluding carboxylic acids is 1. The summed E-state index contributed by atoms with van der Waals surface area (Å²) in [5.41, 5.74) is 1.90. The van der Waals surface area contributed by atoms with Crippen LogP contribution in [0, 0.1) is 12.7 Å². The first kappa shape index (κ1) is 15.3. The molecule has 1 aromatic heterocycles. The molecule has 3 heterocycles. The molecule has 2 aromatic rings. The Kier molecular flexibility index (Phi) is 3.82. The molecule has 0 radical (unpaired) electrons. The molecule has 2 unspecified atom stereocenters. The van der Waals surface area contributed by atoms with Crippen LogP contribution in [0.3, 0.4) is 0 Å². The van der Waals surface area contributed by atoms with E-state index in [1.807, 2.05) is 19.1 Å². The van der Waals surface area contributed by atoms with E-state index >= 15 is 0 Å². The molecule has 24 heavy (non-hydrogen) atoms. The highest BCUT2D eigenvalue weighted by molar-refractivity contribution is 5.77. The third kappa shape index (κ3) is 2.70. The van der Waals surface area contributed by atoms with Crippen LogP contribution in [0.2, 0.25) is 0 Å². The Bertz CT molecular complexity index is 731. The van der Waals surface area contributed by atoms with Crippen LogP contribution in [-0.2, 0) is 11.3 Å². The topological polar surface area (TPSA) is 51.0 Å². The number of nitrogens with zero attached hydrogens (tertiary/aromatic N) is 4. The molecule has 2 fully saturated rings. The van der Waals surface area contributed by atoms with Gasteiger partial charge in [0.1, 0.15) is 12.4 Å². The van der Waals surface area contributed by atoms with Crippen molar-refractivity contribution in [3.8, 4) is 0 Å². The Morgan fingerprint density at radius 3 is 2.67 bits per heavy atom. The number of aryl methyl sites for hydroxylation is 1. The van der Waals surface area contributed by atoms with Gasteiger partial charge in [-0.05, 0) is 55.7 Å². The molecule has 0 saturated carbocycles. The molecule has 126 valence electrons. The van der Waals surface area contributed by atoms with Gasteiger partial charge in [-0.1, -0.05) is 17.3 Å². The fourth-order valence-electron chi connectivity index (χ4n) is 4.32.